The normalized spacial score (nSPS) is 15.8. The van der Waals surface area contributed by atoms with Gasteiger partial charge in [0.1, 0.15) is 24.2 Å². The monoisotopic (exact) mass is 409 g/mol. The number of nitrogens with zero attached hydrogens (tertiary/aromatic N) is 1. The predicted molar refractivity (Wildman–Crippen MR) is 116 cm³/mol. The molecule has 1 fully saturated rings. The lowest BCUT2D eigenvalue weighted by Crippen LogP contribution is -2.50. The lowest BCUT2D eigenvalue weighted by atomic mass is 10.0. The van der Waals surface area contributed by atoms with Gasteiger partial charge in [-0.15, -0.1) is 0 Å². The number of fused-ring (bicyclic) bond motifs is 1. The van der Waals surface area contributed by atoms with Crippen LogP contribution in [0, 0.1) is 6.92 Å². The van der Waals surface area contributed by atoms with Crippen LogP contribution in [0.4, 0.5) is 0 Å². The first-order valence-electron chi connectivity index (χ1n) is 10.1. The Morgan fingerprint density at radius 1 is 1.20 bits per heavy atom. The van der Waals surface area contributed by atoms with Gasteiger partial charge in [0.15, 0.2) is 0 Å². The number of carbonyl (C=O) groups excluding carboxylic acids is 1. The first-order valence-corrected chi connectivity index (χ1v) is 10.1. The maximum atomic E-state index is 11.5. The number of aromatic amines is 1. The van der Waals surface area contributed by atoms with Gasteiger partial charge >= 0.3 is 0 Å². The van der Waals surface area contributed by atoms with Gasteiger partial charge < -0.3 is 24.9 Å². The Morgan fingerprint density at radius 2 is 2.03 bits per heavy atom. The first-order chi connectivity index (χ1) is 14.5. The first kappa shape index (κ1) is 20.3. The molecule has 0 saturated carbocycles. The number of aliphatic hydroxyl groups is 1. The maximum absolute atomic E-state index is 11.5. The van der Waals surface area contributed by atoms with Crippen LogP contribution in [0.25, 0.3) is 22.0 Å². The van der Waals surface area contributed by atoms with E-state index in [2.05, 4.69) is 35.4 Å². The summed E-state index contributed by atoms with van der Waals surface area (Å²) >= 11 is 0. The molecule has 1 aliphatic rings. The van der Waals surface area contributed by atoms with E-state index in [1.807, 2.05) is 29.3 Å². The summed E-state index contributed by atoms with van der Waals surface area (Å²) in [5, 5.41) is 14.3. The Balaban J connectivity index is 1.50. The number of hydrogen-bond acceptors (Lipinski definition) is 5. The fourth-order valence-electron chi connectivity index (χ4n) is 3.79. The molecule has 0 radical (unpaired) electrons. The summed E-state index contributed by atoms with van der Waals surface area (Å²) in [5.41, 5.74) is 4.31. The van der Waals surface area contributed by atoms with Crippen LogP contribution in [0.15, 0.2) is 42.6 Å². The van der Waals surface area contributed by atoms with E-state index in [1.165, 1.54) is 5.56 Å². The molecule has 3 N–H and O–H groups in total. The molecular formula is C23H27N3O4. The highest BCUT2D eigenvalue weighted by molar-refractivity contribution is 5.96. The number of ether oxygens (including phenoxy) is 2. The Labute approximate surface area is 175 Å². The molecule has 0 spiro atoms. The van der Waals surface area contributed by atoms with Crippen LogP contribution in [-0.2, 0) is 4.79 Å². The average Bonchev–Trinajstić information content (AvgIpc) is 3.15. The third kappa shape index (κ3) is 4.58. The molecule has 1 unspecified atom stereocenters. The van der Waals surface area contributed by atoms with E-state index in [1.54, 1.807) is 7.11 Å². The van der Waals surface area contributed by atoms with Crippen molar-refractivity contribution in [2.45, 2.75) is 13.0 Å². The van der Waals surface area contributed by atoms with Gasteiger partial charge in [0.2, 0.25) is 5.91 Å². The van der Waals surface area contributed by atoms with Gasteiger partial charge in [0, 0.05) is 48.4 Å². The standard InChI is InChI=1S/C23H27N3O4/c1-15-3-4-22-20(7-15)21(11-25-22)16-8-18(29-2)10-19(9-16)30-14-17(27)12-26-6-5-24-23(28)13-26/h3-4,7-11,17,25,27H,5-6,12-14H2,1-2H3,(H,24,28). The Hall–Kier alpha value is -3.03. The van der Waals surface area contributed by atoms with Crippen LogP contribution < -0.4 is 14.8 Å². The highest BCUT2D eigenvalue weighted by Gasteiger charge is 2.19. The van der Waals surface area contributed by atoms with Crippen molar-refractivity contribution in [3.05, 3.63) is 48.2 Å². The van der Waals surface area contributed by atoms with Crippen molar-refractivity contribution >= 4 is 16.8 Å². The number of aromatic nitrogens is 1. The molecule has 4 rings (SSSR count). The fraction of sp³-hybridized carbons (Fsp3) is 0.348. The minimum atomic E-state index is -0.693. The number of benzene rings is 2. The molecule has 1 saturated heterocycles. The van der Waals surface area contributed by atoms with E-state index in [9.17, 15) is 9.90 Å². The predicted octanol–water partition coefficient (Wildman–Crippen LogP) is 2.32. The lowest BCUT2D eigenvalue weighted by molar-refractivity contribution is -0.124. The minimum absolute atomic E-state index is 0.0132. The molecule has 7 heteroatoms. The number of carbonyl (C=O) groups is 1. The van der Waals surface area contributed by atoms with Gasteiger partial charge in [-0.3, -0.25) is 9.69 Å². The van der Waals surface area contributed by atoms with Crippen molar-refractivity contribution < 1.29 is 19.4 Å². The highest BCUT2D eigenvalue weighted by Crippen LogP contribution is 2.34. The van der Waals surface area contributed by atoms with Crippen molar-refractivity contribution in [2.24, 2.45) is 0 Å². The van der Waals surface area contributed by atoms with Gasteiger partial charge in [0.25, 0.3) is 0 Å². The molecule has 1 amide bonds. The van der Waals surface area contributed by atoms with Gasteiger partial charge in [0.05, 0.1) is 13.7 Å². The quantitative estimate of drug-likeness (QED) is 0.558. The smallest absolute Gasteiger partial charge is 0.234 e. The van der Waals surface area contributed by atoms with Crippen LogP contribution in [-0.4, -0.2) is 66.9 Å². The Morgan fingerprint density at radius 3 is 2.83 bits per heavy atom. The molecule has 1 aromatic heterocycles. The number of aliphatic hydroxyl groups excluding tert-OH is 1. The van der Waals surface area contributed by atoms with E-state index in [0.29, 0.717) is 31.1 Å². The SMILES string of the molecule is COc1cc(OCC(O)CN2CCNC(=O)C2)cc(-c2c[nH]c3ccc(C)cc23)c1. The second-order valence-corrected chi connectivity index (χ2v) is 7.70. The van der Waals surface area contributed by atoms with Crippen molar-refractivity contribution in [2.75, 3.05) is 39.9 Å². The van der Waals surface area contributed by atoms with Crippen LogP contribution >= 0.6 is 0 Å². The topological polar surface area (TPSA) is 86.8 Å². The van der Waals surface area contributed by atoms with Gasteiger partial charge in [-0.1, -0.05) is 11.6 Å². The van der Waals surface area contributed by atoms with Crippen molar-refractivity contribution in [1.82, 2.24) is 15.2 Å². The zero-order valence-corrected chi connectivity index (χ0v) is 17.3. The number of piperazine rings is 1. The number of nitrogens with one attached hydrogen (secondary N) is 2. The van der Waals surface area contributed by atoms with Gasteiger partial charge in [-0.25, -0.2) is 0 Å². The van der Waals surface area contributed by atoms with E-state index in [4.69, 9.17) is 9.47 Å². The zero-order chi connectivity index (χ0) is 21.1. The summed E-state index contributed by atoms with van der Waals surface area (Å²) < 4.78 is 11.3. The Bertz CT molecular complexity index is 1050. The molecular weight excluding hydrogens is 382 g/mol. The summed E-state index contributed by atoms with van der Waals surface area (Å²) in [5.74, 6) is 1.30. The molecule has 3 aromatic rings. The summed E-state index contributed by atoms with van der Waals surface area (Å²) in [6, 6.07) is 12.0. The van der Waals surface area contributed by atoms with E-state index in [0.717, 1.165) is 28.6 Å². The van der Waals surface area contributed by atoms with E-state index < -0.39 is 6.10 Å². The van der Waals surface area contributed by atoms with Crippen LogP contribution in [0.2, 0.25) is 0 Å². The number of rotatable bonds is 7. The second kappa shape index (κ2) is 8.77. The zero-order valence-electron chi connectivity index (χ0n) is 17.3. The summed E-state index contributed by atoms with van der Waals surface area (Å²) in [6.45, 7) is 4.25. The third-order valence-corrected chi connectivity index (χ3v) is 5.29. The minimum Gasteiger partial charge on any atom is -0.497 e. The van der Waals surface area contributed by atoms with Crippen LogP contribution in [0.3, 0.4) is 0 Å². The van der Waals surface area contributed by atoms with Gasteiger partial charge in [-0.05, 0) is 36.8 Å². The number of aryl methyl sites for hydroxylation is 1. The van der Waals surface area contributed by atoms with Gasteiger partial charge in [-0.2, -0.15) is 0 Å². The van der Waals surface area contributed by atoms with E-state index in [-0.39, 0.29) is 12.5 Å². The largest absolute Gasteiger partial charge is 0.497 e. The van der Waals surface area contributed by atoms with Crippen molar-refractivity contribution in [3.63, 3.8) is 0 Å². The maximum Gasteiger partial charge on any atom is 0.234 e. The fourth-order valence-corrected chi connectivity index (χ4v) is 3.79. The summed E-state index contributed by atoms with van der Waals surface area (Å²) in [4.78, 5) is 16.7. The molecule has 2 heterocycles. The molecule has 2 aromatic carbocycles. The molecule has 7 nitrogen and oxygen atoms in total. The number of hydrogen-bond donors (Lipinski definition) is 3. The molecule has 0 bridgehead atoms. The average molecular weight is 409 g/mol. The molecule has 30 heavy (non-hydrogen) atoms. The Kier molecular flexibility index (Phi) is 5.92. The number of methoxy groups -OCH3 is 1. The third-order valence-electron chi connectivity index (χ3n) is 5.29. The summed E-state index contributed by atoms with van der Waals surface area (Å²) in [7, 11) is 1.62. The highest BCUT2D eigenvalue weighted by atomic mass is 16.5. The number of β-amino-alcohol motifs (C(OH)–C–C–N with tert-alkyl or cyclic N) is 1. The van der Waals surface area contributed by atoms with Crippen molar-refractivity contribution in [3.8, 4) is 22.6 Å². The molecule has 158 valence electrons. The molecule has 1 atom stereocenters. The number of H-pyrrole nitrogens is 1. The lowest BCUT2D eigenvalue weighted by Gasteiger charge is -2.28. The van der Waals surface area contributed by atoms with Crippen LogP contribution in [0.1, 0.15) is 5.56 Å². The molecule has 0 aliphatic carbocycles. The molecule has 1 aliphatic heterocycles. The van der Waals surface area contributed by atoms with Crippen molar-refractivity contribution in [1.29, 1.82) is 0 Å². The van der Waals surface area contributed by atoms with Crippen LogP contribution in [0.5, 0.6) is 11.5 Å². The second-order valence-electron chi connectivity index (χ2n) is 7.70. The number of amides is 1. The summed E-state index contributed by atoms with van der Waals surface area (Å²) in [6.07, 6.45) is 1.29. The van der Waals surface area contributed by atoms with E-state index >= 15 is 0 Å².